The van der Waals surface area contributed by atoms with E-state index in [2.05, 4.69) is 5.32 Å². The topological polar surface area (TPSA) is 42.0 Å². The maximum absolute atomic E-state index is 12.8. The third-order valence-corrected chi connectivity index (χ3v) is 5.27. The van der Waals surface area contributed by atoms with Crippen LogP contribution in [0.3, 0.4) is 0 Å². The highest BCUT2D eigenvalue weighted by Crippen LogP contribution is 2.27. The minimum absolute atomic E-state index is 0.0185. The van der Waals surface area contributed by atoms with Crippen molar-refractivity contribution in [3.05, 3.63) is 51.2 Å². The van der Waals surface area contributed by atoms with Gasteiger partial charge in [0.25, 0.3) is 0 Å². The predicted octanol–water partition coefficient (Wildman–Crippen LogP) is 3.45. The maximum Gasteiger partial charge on any atom is 0.224 e. The molecule has 0 aliphatic heterocycles. The van der Waals surface area contributed by atoms with E-state index in [0.29, 0.717) is 13.0 Å². The van der Waals surface area contributed by atoms with E-state index in [-0.39, 0.29) is 11.7 Å². The molecule has 1 heterocycles. The van der Waals surface area contributed by atoms with Gasteiger partial charge < -0.3 is 5.32 Å². The summed E-state index contributed by atoms with van der Waals surface area (Å²) >= 11 is 1.84. The zero-order chi connectivity index (χ0) is 16.1. The molecule has 0 bridgehead atoms. The first-order valence-electron chi connectivity index (χ1n) is 8.19. The van der Waals surface area contributed by atoms with E-state index in [0.717, 1.165) is 24.8 Å². The zero-order valence-electron chi connectivity index (χ0n) is 13.1. The molecule has 0 saturated carbocycles. The lowest BCUT2D eigenvalue weighted by molar-refractivity contribution is -0.120. The number of halogens is 1. The standard InChI is InChI=1S/C18H21FN2OS/c19-14-9-7-13(8-10-14)12-17(22)20-11-3-6-18-21-15-4-1-2-5-16(15)23-18/h7-10H,1-6,11-12H2,(H,20,22). The first-order valence-corrected chi connectivity index (χ1v) is 9.01. The van der Waals surface area contributed by atoms with Gasteiger partial charge in [-0.05, 0) is 49.8 Å². The fourth-order valence-electron chi connectivity index (χ4n) is 2.83. The summed E-state index contributed by atoms with van der Waals surface area (Å²) in [6.45, 7) is 0.657. The van der Waals surface area contributed by atoms with Crippen molar-refractivity contribution < 1.29 is 9.18 Å². The Morgan fingerprint density at radius 3 is 2.78 bits per heavy atom. The van der Waals surface area contributed by atoms with E-state index < -0.39 is 0 Å². The summed E-state index contributed by atoms with van der Waals surface area (Å²) < 4.78 is 12.8. The molecular formula is C18H21FN2OS. The molecule has 1 aliphatic rings. The molecule has 1 aromatic heterocycles. The number of hydrogen-bond acceptors (Lipinski definition) is 3. The van der Waals surface area contributed by atoms with Crippen molar-refractivity contribution in [3.8, 4) is 0 Å². The molecule has 122 valence electrons. The van der Waals surface area contributed by atoms with Crippen LogP contribution in [-0.4, -0.2) is 17.4 Å². The average molecular weight is 332 g/mol. The van der Waals surface area contributed by atoms with Crippen LogP contribution in [0.1, 0.15) is 40.4 Å². The molecule has 0 unspecified atom stereocenters. The molecule has 5 heteroatoms. The smallest absolute Gasteiger partial charge is 0.224 e. The number of carbonyl (C=O) groups is 1. The quantitative estimate of drug-likeness (QED) is 0.823. The van der Waals surface area contributed by atoms with Crippen LogP contribution < -0.4 is 5.32 Å². The summed E-state index contributed by atoms with van der Waals surface area (Å²) in [5.41, 5.74) is 2.13. The number of nitrogens with one attached hydrogen (secondary N) is 1. The normalized spacial score (nSPS) is 13.6. The van der Waals surface area contributed by atoms with Crippen molar-refractivity contribution in [2.24, 2.45) is 0 Å². The summed E-state index contributed by atoms with van der Waals surface area (Å²) in [5.74, 6) is -0.296. The van der Waals surface area contributed by atoms with Gasteiger partial charge in [-0.15, -0.1) is 11.3 Å². The van der Waals surface area contributed by atoms with E-state index in [1.807, 2.05) is 11.3 Å². The average Bonchev–Trinajstić information content (AvgIpc) is 2.96. The number of aryl methyl sites for hydroxylation is 3. The summed E-state index contributed by atoms with van der Waals surface area (Å²) in [5, 5.41) is 4.12. The number of benzene rings is 1. The first-order chi connectivity index (χ1) is 11.2. The number of thiazole rings is 1. The van der Waals surface area contributed by atoms with Crippen LogP contribution in [0, 0.1) is 5.82 Å². The summed E-state index contributed by atoms with van der Waals surface area (Å²) in [6, 6.07) is 6.06. The number of fused-ring (bicyclic) bond motifs is 1. The molecule has 0 radical (unpaired) electrons. The lowest BCUT2D eigenvalue weighted by Gasteiger charge is -2.06. The van der Waals surface area contributed by atoms with Crippen LogP contribution in [0.2, 0.25) is 0 Å². The number of carbonyl (C=O) groups excluding carboxylic acids is 1. The fraction of sp³-hybridized carbons (Fsp3) is 0.444. The number of amides is 1. The predicted molar refractivity (Wildman–Crippen MR) is 90.2 cm³/mol. The second-order valence-electron chi connectivity index (χ2n) is 5.94. The van der Waals surface area contributed by atoms with Crippen LogP contribution in [0.4, 0.5) is 4.39 Å². The molecular weight excluding hydrogens is 311 g/mol. The Hall–Kier alpha value is -1.75. The van der Waals surface area contributed by atoms with E-state index in [1.54, 1.807) is 12.1 Å². The fourth-order valence-corrected chi connectivity index (χ4v) is 4.03. The zero-order valence-corrected chi connectivity index (χ0v) is 13.9. The van der Waals surface area contributed by atoms with E-state index in [1.165, 1.54) is 47.0 Å². The summed E-state index contributed by atoms with van der Waals surface area (Å²) in [7, 11) is 0. The third-order valence-electron chi connectivity index (χ3n) is 4.06. The highest BCUT2D eigenvalue weighted by Gasteiger charge is 2.14. The molecule has 23 heavy (non-hydrogen) atoms. The second kappa shape index (κ2) is 7.68. The van der Waals surface area contributed by atoms with Crippen molar-refractivity contribution in [2.75, 3.05) is 6.54 Å². The van der Waals surface area contributed by atoms with Crippen LogP contribution in [0.5, 0.6) is 0 Å². The Bertz CT molecular complexity index is 643. The van der Waals surface area contributed by atoms with Crippen molar-refractivity contribution in [3.63, 3.8) is 0 Å². The van der Waals surface area contributed by atoms with Gasteiger partial charge in [0.05, 0.1) is 17.1 Å². The lowest BCUT2D eigenvalue weighted by Crippen LogP contribution is -2.26. The van der Waals surface area contributed by atoms with Crippen molar-refractivity contribution >= 4 is 17.2 Å². The van der Waals surface area contributed by atoms with Gasteiger partial charge in [0.1, 0.15) is 5.82 Å². The molecule has 0 spiro atoms. The Morgan fingerprint density at radius 2 is 2.00 bits per heavy atom. The van der Waals surface area contributed by atoms with Gasteiger partial charge in [0, 0.05) is 17.8 Å². The molecule has 2 aromatic rings. The molecule has 0 atom stereocenters. The van der Waals surface area contributed by atoms with Gasteiger partial charge in [-0.3, -0.25) is 4.79 Å². The number of rotatable bonds is 6. The Kier molecular flexibility index (Phi) is 5.39. The number of aromatic nitrogens is 1. The van der Waals surface area contributed by atoms with Crippen LogP contribution >= 0.6 is 11.3 Å². The highest BCUT2D eigenvalue weighted by atomic mass is 32.1. The molecule has 1 N–H and O–H groups in total. The second-order valence-corrected chi connectivity index (χ2v) is 7.11. The van der Waals surface area contributed by atoms with Crippen molar-refractivity contribution in [1.29, 1.82) is 0 Å². The van der Waals surface area contributed by atoms with Gasteiger partial charge in [-0.25, -0.2) is 9.37 Å². The third kappa shape index (κ3) is 4.61. The lowest BCUT2D eigenvalue weighted by atomic mass is 10.0. The van der Waals surface area contributed by atoms with Crippen molar-refractivity contribution in [1.82, 2.24) is 10.3 Å². The summed E-state index contributed by atoms with van der Waals surface area (Å²) in [6.07, 6.45) is 6.98. The van der Waals surface area contributed by atoms with Gasteiger partial charge in [-0.2, -0.15) is 0 Å². The molecule has 3 nitrogen and oxygen atoms in total. The largest absolute Gasteiger partial charge is 0.356 e. The van der Waals surface area contributed by atoms with Gasteiger partial charge in [0.2, 0.25) is 5.91 Å². The van der Waals surface area contributed by atoms with Gasteiger partial charge >= 0.3 is 0 Å². The minimum atomic E-state index is -0.277. The molecule has 0 fully saturated rings. The molecule has 3 rings (SSSR count). The number of hydrogen-bond donors (Lipinski definition) is 1. The first kappa shape index (κ1) is 16.1. The Morgan fingerprint density at radius 1 is 1.22 bits per heavy atom. The van der Waals surface area contributed by atoms with Gasteiger partial charge in [0.15, 0.2) is 0 Å². The summed E-state index contributed by atoms with van der Waals surface area (Å²) in [4.78, 5) is 18.0. The number of nitrogens with zero attached hydrogens (tertiary/aromatic N) is 1. The highest BCUT2D eigenvalue weighted by molar-refractivity contribution is 7.11. The Balaban J connectivity index is 1.38. The van der Waals surface area contributed by atoms with Crippen LogP contribution in [-0.2, 0) is 30.5 Å². The molecule has 1 aliphatic carbocycles. The maximum atomic E-state index is 12.8. The van der Waals surface area contributed by atoms with E-state index in [4.69, 9.17) is 4.98 Å². The minimum Gasteiger partial charge on any atom is -0.356 e. The Labute approximate surface area is 140 Å². The van der Waals surface area contributed by atoms with E-state index in [9.17, 15) is 9.18 Å². The van der Waals surface area contributed by atoms with Crippen LogP contribution in [0.15, 0.2) is 24.3 Å². The van der Waals surface area contributed by atoms with Crippen molar-refractivity contribution in [2.45, 2.75) is 44.9 Å². The van der Waals surface area contributed by atoms with E-state index >= 15 is 0 Å². The molecule has 1 aromatic carbocycles. The molecule has 1 amide bonds. The SMILES string of the molecule is O=C(Cc1ccc(F)cc1)NCCCc1nc2c(s1)CCCC2. The van der Waals surface area contributed by atoms with Gasteiger partial charge in [-0.1, -0.05) is 12.1 Å². The van der Waals surface area contributed by atoms with Crippen LogP contribution in [0.25, 0.3) is 0 Å². The monoisotopic (exact) mass is 332 g/mol. The molecule has 0 saturated heterocycles.